The maximum atomic E-state index is 13.2. The van der Waals surface area contributed by atoms with Gasteiger partial charge in [-0.25, -0.2) is 9.07 Å². The van der Waals surface area contributed by atoms with Gasteiger partial charge in [-0.05, 0) is 59.5 Å². The first-order valence-electron chi connectivity index (χ1n) is 8.05. The van der Waals surface area contributed by atoms with Crippen molar-refractivity contribution in [3.63, 3.8) is 0 Å². The van der Waals surface area contributed by atoms with E-state index in [0.717, 1.165) is 6.42 Å². The molecule has 1 heterocycles. The average molecular weight is 410 g/mol. The summed E-state index contributed by atoms with van der Waals surface area (Å²) in [5.74, 6) is -0.661. The first kappa shape index (κ1) is 19.2. The van der Waals surface area contributed by atoms with E-state index in [0.29, 0.717) is 33.4 Å². The molecule has 134 valence electrons. The normalized spacial score (nSPS) is 10.6. The van der Waals surface area contributed by atoms with Crippen molar-refractivity contribution in [2.24, 2.45) is 0 Å². The quantitative estimate of drug-likeness (QED) is 0.769. The van der Waals surface area contributed by atoms with E-state index in [1.54, 1.807) is 26.0 Å². The molecular weight excluding hydrogens is 389 g/mol. The maximum absolute atomic E-state index is 13.2. The van der Waals surface area contributed by atoms with E-state index < -0.39 is 0 Å². The third-order valence-electron chi connectivity index (χ3n) is 3.88. The lowest BCUT2D eigenvalue weighted by Gasteiger charge is -2.18. The van der Waals surface area contributed by atoms with Crippen LogP contribution in [0.1, 0.15) is 40.5 Å². The monoisotopic (exact) mass is 409 g/mol. The van der Waals surface area contributed by atoms with E-state index in [4.69, 9.17) is 0 Å². The summed E-state index contributed by atoms with van der Waals surface area (Å²) in [7, 11) is 0. The van der Waals surface area contributed by atoms with Gasteiger partial charge in [-0.3, -0.25) is 9.59 Å². The summed E-state index contributed by atoms with van der Waals surface area (Å²) in [4.78, 5) is 25.1. The lowest BCUT2D eigenvalue weighted by molar-refractivity contribution is 0.0948. The van der Waals surface area contributed by atoms with Gasteiger partial charge in [-0.1, -0.05) is 19.1 Å². The maximum Gasteiger partial charge on any atom is 0.283 e. The highest BCUT2D eigenvalue weighted by Gasteiger charge is 2.20. The van der Waals surface area contributed by atoms with Crippen LogP contribution in [0.2, 0.25) is 0 Å². The van der Waals surface area contributed by atoms with Crippen LogP contribution < -0.4 is 16.3 Å². The minimum atomic E-state index is -0.348. The van der Waals surface area contributed by atoms with Crippen LogP contribution >= 0.6 is 15.9 Å². The largest absolute Gasteiger partial charge is 0.348 e. The first-order valence-corrected chi connectivity index (χ1v) is 8.84. The van der Waals surface area contributed by atoms with Crippen LogP contribution in [0.15, 0.2) is 33.5 Å². The SMILES string of the molecule is CCCNn1c(C)c(C(=O)NCc2cccc(F)c2)c(C)c(Br)c1=O. The smallest absolute Gasteiger partial charge is 0.283 e. The molecule has 0 fully saturated rings. The molecule has 0 atom stereocenters. The van der Waals surface area contributed by atoms with Gasteiger partial charge in [0.2, 0.25) is 0 Å². The predicted octanol–water partition coefficient (Wildman–Crippen LogP) is 3.25. The van der Waals surface area contributed by atoms with Crippen LogP contribution in [-0.4, -0.2) is 17.1 Å². The minimum absolute atomic E-state index is 0.203. The Morgan fingerprint density at radius 3 is 2.68 bits per heavy atom. The van der Waals surface area contributed by atoms with E-state index in [1.807, 2.05) is 6.92 Å². The second-order valence-corrected chi connectivity index (χ2v) is 6.55. The Bertz CT molecular complexity index is 849. The molecule has 7 heteroatoms. The van der Waals surface area contributed by atoms with E-state index in [-0.39, 0.29) is 23.8 Å². The van der Waals surface area contributed by atoms with Crippen molar-refractivity contribution >= 4 is 21.8 Å². The third-order valence-corrected chi connectivity index (χ3v) is 4.82. The Labute approximate surface area is 154 Å². The van der Waals surface area contributed by atoms with Crippen LogP contribution in [0, 0.1) is 19.7 Å². The predicted molar refractivity (Wildman–Crippen MR) is 100.0 cm³/mol. The van der Waals surface area contributed by atoms with Crippen LogP contribution in [0.25, 0.3) is 0 Å². The molecule has 0 aliphatic rings. The van der Waals surface area contributed by atoms with E-state index >= 15 is 0 Å². The molecule has 2 rings (SSSR count). The van der Waals surface area contributed by atoms with Crippen molar-refractivity contribution in [1.82, 2.24) is 9.99 Å². The Hall–Kier alpha value is -2.15. The van der Waals surface area contributed by atoms with E-state index in [2.05, 4.69) is 26.7 Å². The molecule has 1 amide bonds. The van der Waals surface area contributed by atoms with Gasteiger partial charge in [0, 0.05) is 13.1 Å². The Morgan fingerprint density at radius 2 is 2.04 bits per heavy atom. The van der Waals surface area contributed by atoms with Crippen molar-refractivity contribution in [3.05, 3.63) is 67.3 Å². The van der Waals surface area contributed by atoms with Gasteiger partial charge in [-0.2, -0.15) is 0 Å². The average Bonchev–Trinajstić information content (AvgIpc) is 2.58. The molecule has 1 aromatic carbocycles. The number of hydrogen-bond donors (Lipinski definition) is 2. The number of halogens is 2. The highest BCUT2D eigenvalue weighted by Crippen LogP contribution is 2.19. The minimum Gasteiger partial charge on any atom is -0.348 e. The number of aromatic nitrogens is 1. The number of carbonyl (C=O) groups excluding carboxylic acids is 1. The van der Waals surface area contributed by atoms with Crippen LogP contribution in [0.5, 0.6) is 0 Å². The van der Waals surface area contributed by atoms with Crippen LogP contribution in [-0.2, 0) is 6.54 Å². The summed E-state index contributed by atoms with van der Waals surface area (Å²) >= 11 is 3.28. The van der Waals surface area contributed by atoms with Gasteiger partial charge in [0.05, 0.1) is 15.7 Å². The fourth-order valence-electron chi connectivity index (χ4n) is 2.57. The summed E-state index contributed by atoms with van der Waals surface area (Å²) in [6.45, 7) is 6.25. The summed E-state index contributed by atoms with van der Waals surface area (Å²) in [5, 5.41) is 2.78. The Balaban J connectivity index is 2.32. The van der Waals surface area contributed by atoms with E-state index in [9.17, 15) is 14.0 Å². The van der Waals surface area contributed by atoms with Gasteiger partial charge < -0.3 is 10.7 Å². The van der Waals surface area contributed by atoms with Gasteiger partial charge in [0.25, 0.3) is 11.5 Å². The molecule has 0 saturated heterocycles. The molecule has 0 unspecified atom stereocenters. The Kier molecular flexibility index (Phi) is 6.36. The molecule has 0 aliphatic carbocycles. The zero-order valence-corrected chi connectivity index (χ0v) is 16.0. The Morgan fingerprint density at radius 1 is 1.32 bits per heavy atom. The highest BCUT2D eigenvalue weighted by atomic mass is 79.9. The standard InChI is InChI=1S/C18H21BrFN3O2/c1-4-8-22-23-12(3)15(11(2)16(19)18(23)25)17(24)21-10-13-6-5-7-14(20)9-13/h5-7,9,22H,4,8,10H2,1-3H3,(H,21,24). The fourth-order valence-corrected chi connectivity index (χ4v) is 2.95. The molecule has 0 aliphatic heterocycles. The summed E-state index contributed by atoms with van der Waals surface area (Å²) in [6, 6.07) is 6.06. The molecule has 25 heavy (non-hydrogen) atoms. The number of rotatable bonds is 6. The molecule has 0 bridgehead atoms. The highest BCUT2D eigenvalue weighted by molar-refractivity contribution is 9.10. The first-order chi connectivity index (χ1) is 11.9. The number of pyridine rings is 1. The van der Waals surface area contributed by atoms with E-state index in [1.165, 1.54) is 16.8 Å². The van der Waals surface area contributed by atoms with Crippen molar-refractivity contribution in [3.8, 4) is 0 Å². The molecule has 2 N–H and O–H groups in total. The molecule has 2 aromatic rings. The molecular formula is C18H21BrFN3O2. The summed E-state index contributed by atoms with van der Waals surface area (Å²) in [6.07, 6.45) is 0.846. The summed E-state index contributed by atoms with van der Waals surface area (Å²) < 4.78 is 15.0. The zero-order valence-electron chi connectivity index (χ0n) is 14.5. The zero-order chi connectivity index (χ0) is 18.6. The van der Waals surface area contributed by atoms with Crippen molar-refractivity contribution in [1.29, 1.82) is 0 Å². The number of nitrogens with one attached hydrogen (secondary N) is 2. The molecule has 0 radical (unpaired) electrons. The topological polar surface area (TPSA) is 63.1 Å². The second kappa shape index (κ2) is 8.29. The van der Waals surface area contributed by atoms with Gasteiger partial charge in [0.15, 0.2) is 0 Å². The number of hydrogen-bond acceptors (Lipinski definition) is 3. The molecule has 5 nitrogen and oxygen atoms in total. The van der Waals surface area contributed by atoms with Crippen LogP contribution in [0.4, 0.5) is 4.39 Å². The lowest BCUT2D eigenvalue weighted by atomic mass is 10.1. The number of benzene rings is 1. The molecule has 0 saturated carbocycles. The van der Waals surface area contributed by atoms with Gasteiger partial charge >= 0.3 is 0 Å². The fraction of sp³-hybridized carbons (Fsp3) is 0.333. The van der Waals surface area contributed by atoms with Crippen molar-refractivity contribution < 1.29 is 9.18 Å². The molecule has 0 spiro atoms. The van der Waals surface area contributed by atoms with Crippen LogP contribution in [0.3, 0.4) is 0 Å². The number of amides is 1. The van der Waals surface area contributed by atoms with Gasteiger partial charge in [0.1, 0.15) is 5.82 Å². The molecule has 1 aromatic heterocycles. The number of nitrogens with zero attached hydrogens (tertiary/aromatic N) is 1. The van der Waals surface area contributed by atoms with Gasteiger partial charge in [-0.15, -0.1) is 0 Å². The lowest BCUT2D eigenvalue weighted by Crippen LogP contribution is -2.36. The third kappa shape index (κ3) is 4.28. The van der Waals surface area contributed by atoms with Crippen molar-refractivity contribution in [2.45, 2.75) is 33.7 Å². The summed E-state index contributed by atoms with van der Waals surface area (Å²) in [5.41, 5.74) is 4.99. The second-order valence-electron chi connectivity index (χ2n) is 5.76. The van der Waals surface area contributed by atoms with Crippen molar-refractivity contribution in [2.75, 3.05) is 12.0 Å². The number of carbonyl (C=O) groups is 1.